The molecule has 1 aromatic carbocycles. The summed E-state index contributed by atoms with van der Waals surface area (Å²) in [6, 6.07) is 7.30. The molecule has 1 aliphatic carbocycles. The number of ketones is 1. The summed E-state index contributed by atoms with van der Waals surface area (Å²) in [6.45, 7) is 2.18. The number of ether oxygens (including phenoxy) is 1. The first-order valence-electron chi connectivity index (χ1n) is 9.22. The number of halogens is 1. The molecule has 2 heterocycles. The van der Waals surface area contributed by atoms with Crippen LogP contribution >= 0.6 is 22.9 Å². The maximum absolute atomic E-state index is 13.1. The number of phenolic OH excluding ortho intramolecular Hbond substituents is 1. The van der Waals surface area contributed by atoms with Crippen LogP contribution in [0, 0.1) is 0 Å². The molecule has 28 heavy (non-hydrogen) atoms. The van der Waals surface area contributed by atoms with Crippen molar-refractivity contribution >= 4 is 34.6 Å². The Labute approximate surface area is 172 Å². The molecule has 0 spiro atoms. The zero-order valence-electron chi connectivity index (χ0n) is 15.3. The molecule has 2 aromatic rings. The van der Waals surface area contributed by atoms with Crippen molar-refractivity contribution < 1.29 is 19.4 Å². The van der Waals surface area contributed by atoms with E-state index in [0.717, 1.165) is 4.88 Å². The van der Waals surface area contributed by atoms with E-state index in [1.807, 2.05) is 24.4 Å². The summed E-state index contributed by atoms with van der Waals surface area (Å²) >= 11 is 7.81. The molecule has 0 bridgehead atoms. The largest absolute Gasteiger partial charge is 0.503 e. The minimum Gasteiger partial charge on any atom is -0.503 e. The van der Waals surface area contributed by atoms with Crippen LogP contribution in [0.2, 0.25) is 5.02 Å². The van der Waals surface area contributed by atoms with Crippen LogP contribution in [-0.2, 0) is 9.59 Å². The van der Waals surface area contributed by atoms with Crippen molar-refractivity contribution in [1.29, 1.82) is 0 Å². The molecule has 2 atom stereocenters. The van der Waals surface area contributed by atoms with Crippen molar-refractivity contribution in [3.05, 3.63) is 56.4 Å². The fourth-order valence-electron chi connectivity index (χ4n) is 4.03. The first kappa shape index (κ1) is 19.0. The number of benzene rings is 1. The van der Waals surface area contributed by atoms with E-state index in [2.05, 4.69) is 5.32 Å². The quantitative estimate of drug-likeness (QED) is 0.767. The standard InChI is InChI=1S/C21H20ClNO4S/c1-2-27-17-9-11(6-14(22)21(17)26)13-10-19(25)23-15-7-12(8-16(24)20(13)15)18-4-3-5-28-18/h3-6,9,12-13,26H,2,7-8,10H2,1H3,(H,23,25)/t12-,13+/m0/s1. The Bertz CT molecular complexity index is 967. The lowest BCUT2D eigenvalue weighted by Crippen LogP contribution is -2.38. The van der Waals surface area contributed by atoms with Gasteiger partial charge in [0, 0.05) is 40.8 Å². The molecule has 0 saturated carbocycles. The number of nitrogens with one attached hydrogen (secondary N) is 1. The molecular weight excluding hydrogens is 398 g/mol. The first-order valence-corrected chi connectivity index (χ1v) is 10.5. The van der Waals surface area contributed by atoms with E-state index in [4.69, 9.17) is 16.3 Å². The number of Topliss-reactive ketones (excluding diaryl/α,β-unsaturated/α-hetero) is 1. The number of allylic oxidation sites excluding steroid dienone is 2. The Balaban J connectivity index is 1.75. The Hall–Kier alpha value is -2.31. The lowest BCUT2D eigenvalue weighted by atomic mass is 9.74. The molecule has 2 aliphatic rings. The van der Waals surface area contributed by atoms with Gasteiger partial charge in [0.25, 0.3) is 0 Å². The van der Waals surface area contributed by atoms with Crippen molar-refractivity contribution in [3.63, 3.8) is 0 Å². The first-order chi connectivity index (χ1) is 13.5. The van der Waals surface area contributed by atoms with Crippen LogP contribution in [0.1, 0.15) is 48.5 Å². The molecule has 0 radical (unpaired) electrons. The van der Waals surface area contributed by atoms with Crippen LogP contribution < -0.4 is 10.1 Å². The lowest BCUT2D eigenvalue weighted by Gasteiger charge is -2.34. The summed E-state index contributed by atoms with van der Waals surface area (Å²) in [4.78, 5) is 26.6. The predicted octanol–water partition coefficient (Wildman–Crippen LogP) is 4.51. The highest BCUT2D eigenvalue weighted by Gasteiger charge is 2.38. The molecule has 4 rings (SSSR count). The van der Waals surface area contributed by atoms with Crippen LogP contribution in [0.15, 0.2) is 40.9 Å². The summed E-state index contributed by atoms with van der Waals surface area (Å²) in [6.07, 6.45) is 1.23. The molecular formula is C21H20ClNO4S. The summed E-state index contributed by atoms with van der Waals surface area (Å²) < 4.78 is 5.47. The van der Waals surface area contributed by atoms with Crippen molar-refractivity contribution in [2.75, 3.05) is 6.61 Å². The van der Waals surface area contributed by atoms with E-state index in [-0.39, 0.29) is 40.6 Å². The van der Waals surface area contributed by atoms with Gasteiger partial charge in [0.2, 0.25) is 5.91 Å². The number of phenols is 1. The highest BCUT2D eigenvalue weighted by atomic mass is 35.5. The van der Waals surface area contributed by atoms with Gasteiger partial charge >= 0.3 is 0 Å². The van der Waals surface area contributed by atoms with Gasteiger partial charge in [-0.15, -0.1) is 11.3 Å². The van der Waals surface area contributed by atoms with E-state index in [1.165, 1.54) is 0 Å². The average Bonchev–Trinajstić information content (AvgIpc) is 3.19. The van der Waals surface area contributed by atoms with Crippen molar-refractivity contribution in [2.24, 2.45) is 0 Å². The number of aromatic hydroxyl groups is 1. The average molecular weight is 418 g/mol. The zero-order valence-corrected chi connectivity index (χ0v) is 16.9. The van der Waals surface area contributed by atoms with Crippen LogP contribution in [0.5, 0.6) is 11.5 Å². The topological polar surface area (TPSA) is 75.6 Å². The molecule has 7 heteroatoms. The number of hydrogen-bond acceptors (Lipinski definition) is 5. The summed E-state index contributed by atoms with van der Waals surface area (Å²) in [5.74, 6) is -0.241. The maximum Gasteiger partial charge on any atom is 0.225 e. The normalized spacial score (nSPS) is 22.1. The predicted molar refractivity (Wildman–Crippen MR) is 108 cm³/mol. The van der Waals surface area contributed by atoms with Crippen molar-refractivity contribution in [3.8, 4) is 11.5 Å². The van der Waals surface area contributed by atoms with Crippen molar-refractivity contribution in [1.82, 2.24) is 5.32 Å². The number of rotatable bonds is 4. The Morgan fingerprint density at radius 2 is 2.11 bits per heavy atom. The van der Waals surface area contributed by atoms with E-state index < -0.39 is 5.92 Å². The zero-order chi connectivity index (χ0) is 19.8. The molecule has 146 valence electrons. The van der Waals surface area contributed by atoms with Gasteiger partial charge in [-0.3, -0.25) is 9.59 Å². The van der Waals surface area contributed by atoms with Gasteiger partial charge in [0.15, 0.2) is 17.3 Å². The lowest BCUT2D eigenvalue weighted by molar-refractivity contribution is -0.122. The van der Waals surface area contributed by atoms with Gasteiger partial charge in [-0.1, -0.05) is 17.7 Å². The van der Waals surface area contributed by atoms with E-state index >= 15 is 0 Å². The van der Waals surface area contributed by atoms with Gasteiger partial charge in [0.1, 0.15) is 0 Å². The van der Waals surface area contributed by atoms with Gasteiger partial charge in [-0.2, -0.15) is 0 Å². The second kappa shape index (κ2) is 7.60. The van der Waals surface area contributed by atoms with Crippen LogP contribution in [0.25, 0.3) is 0 Å². The maximum atomic E-state index is 13.1. The van der Waals surface area contributed by atoms with Crippen LogP contribution in [0.4, 0.5) is 0 Å². The fraction of sp³-hybridized carbons (Fsp3) is 0.333. The van der Waals surface area contributed by atoms with Gasteiger partial charge in [-0.05, 0) is 42.5 Å². The Morgan fingerprint density at radius 3 is 2.82 bits per heavy atom. The van der Waals surface area contributed by atoms with Gasteiger partial charge in [-0.25, -0.2) is 0 Å². The minimum absolute atomic E-state index is 0.0480. The van der Waals surface area contributed by atoms with Crippen LogP contribution in [0.3, 0.4) is 0 Å². The molecule has 0 unspecified atom stereocenters. The SMILES string of the molecule is CCOc1cc([C@H]2CC(=O)NC3=C2C(=O)C[C@@H](c2cccs2)C3)cc(Cl)c1O. The molecule has 1 aliphatic heterocycles. The number of thiophene rings is 1. The third-order valence-electron chi connectivity index (χ3n) is 5.23. The fourth-order valence-corrected chi connectivity index (χ4v) is 5.08. The second-order valence-corrected chi connectivity index (χ2v) is 8.41. The number of carbonyl (C=O) groups excluding carboxylic acids is 2. The molecule has 0 fully saturated rings. The van der Waals surface area contributed by atoms with Crippen molar-refractivity contribution in [2.45, 2.75) is 38.0 Å². The summed E-state index contributed by atoms with van der Waals surface area (Å²) in [5.41, 5.74) is 2.06. The molecule has 1 aromatic heterocycles. The van der Waals surface area contributed by atoms with Gasteiger partial charge in [0.05, 0.1) is 11.6 Å². The number of hydrogen-bond donors (Lipinski definition) is 2. The van der Waals surface area contributed by atoms with E-state index in [0.29, 0.717) is 36.3 Å². The van der Waals surface area contributed by atoms with E-state index in [9.17, 15) is 14.7 Å². The van der Waals surface area contributed by atoms with Crippen LogP contribution in [-0.4, -0.2) is 23.4 Å². The third-order valence-corrected chi connectivity index (χ3v) is 6.56. The summed E-state index contributed by atoms with van der Waals surface area (Å²) in [7, 11) is 0. The molecule has 5 nitrogen and oxygen atoms in total. The molecule has 0 saturated heterocycles. The molecule has 2 N–H and O–H groups in total. The third kappa shape index (κ3) is 3.42. The second-order valence-electron chi connectivity index (χ2n) is 7.02. The Kier molecular flexibility index (Phi) is 5.17. The smallest absolute Gasteiger partial charge is 0.225 e. The number of carbonyl (C=O) groups is 2. The monoisotopic (exact) mass is 417 g/mol. The molecule has 1 amide bonds. The summed E-state index contributed by atoms with van der Waals surface area (Å²) in [5, 5.41) is 15.2. The van der Waals surface area contributed by atoms with E-state index in [1.54, 1.807) is 23.5 Å². The highest BCUT2D eigenvalue weighted by Crippen LogP contribution is 2.46. The minimum atomic E-state index is -0.391. The van der Waals surface area contributed by atoms with Gasteiger partial charge < -0.3 is 15.2 Å². The highest BCUT2D eigenvalue weighted by molar-refractivity contribution is 7.10. The number of amides is 1. The Morgan fingerprint density at radius 1 is 1.29 bits per heavy atom.